The molecule has 0 unspecified atom stereocenters. The van der Waals surface area contributed by atoms with E-state index in [9.17, 15) is 4.79 Å². The van der Waals surface area contributed by atoms with E-state index in [2.05, 4.69) is 4.74 Å². The largest absolute Gasteiger partial charge is 0.540 e. The molecule has 0 aromatic carbocycles. The molecule has 0 saturated carbocycles. The maximum atomic E-state index is 9.31. The van der Waals surface area contributed by atoms with E-state index in [1.165, 1.54) is 0 Å². The van der Waals surface area contributed by atoms with Crippen LogP contribution in [0.25, 0.3) is 0 Å². The Morgan fingerprint density at radius 1 is 1.71 bits per heavy atom. The average Bonchev–Trinajstić information content (AvgIpc) is 1.61. The van der Waals surface area contributed by atoms with Crippen molar-refractivity contribution < 1.29 is 31.2 Å². The van der Waals surface area contributed by atoms with Crippen molar-refractivity contribution in [1.29, 1.82) is 0 Å². The van der Waals surface area contributed by atoms with E-state index in [4.69, 9.17) is 0 Å². The van der Waals surface area contributed by atoms with E-state index in [-0.39, 0.29) is 28.3 Å². The van der Waals surface area contributed by atoms with Crippen molar-refractivity contribution in [3.05, 3.63) is 0 Å². The van der Waals surface area contributed by atoms with Crippen molar-refractivity contribution in [2.45, 2.75) is 6.92 Å². The van der Waals surface area contributed by atoms with Crippen molar-refractivity contribution in [3.8, 4) is 0 Å². The van der Waals surface area contributed by atoms with E-state index < -0.39 is 0 Å². The Balaban J connectivity index is 0. The fourth-order valence-corrected chi connectivity index (χ4v) is 0.144. The van der Waals surface area contributed by atoms with Crippen LogP contribution >= 0.6 is 0 Å². The van der Waals surface area contributed by atoms with Crippen molar-refractivity contribution in [2.24, 2.45) is 0 Å². The number of carbonyl (C=O) groups excluding carboxylic acids is 1. The molecule has 0 amide bonds. The third kappa shape index (κ3) is 10.7. The second-order valence-corrected chi connectivity index (χ2v) is 0.781. The molecule has 0 aliphatic rings. The van der Waals surface area contributed by atoms with Crippen LogP contribution in [0.3, 0.4) is 0 Å². The molecule has 0 spiro atoms. The van der Waals surface area contributed by atoms with Crippen molar-refractivity contribution >= 4 is 6.29 Å². The van der Waals surface area contributed by atoms with Crippen LogP contribution in [0.4, 0.5) is 0 Å². The first kappa shape index (κ1) is 10.3. The average molecular weight is 135 g/mol. The summed E-state index contributed by atoms with van der Waals surface area (Å²) in [6.45, 7) is 2.53. The van der Waals surface area contributed by atoms with E-state index in [0.29, 0.717) is 6.61 Å². The van der Waals surface area contributed by atoms with Gasteiger partial charge in [0, 0.05) is 28.3 Å². The van der Waals surface area contributed by atoms with E-state index in [1.807, 2.05) is 6.92 Å². The summed E-state index contributed by atoms with van der Waals surface area (Å²) in [7, 11) is 0. The Labute approximate surface area is 58.1 Å². The molecule has 0 aliphatic carbocycles. The molecule has 0 N–H and O–H groups in total. The summed E-state index contributed by atoms with van der Waals surface area (Å²) in [6.07, 6.45) is 1.60. The number of hydrogen-bond acceptors (Lipinski definition) is 2. The fraction of sp³-hybridized carbons (Fsp3) is 0.750. The van der Waals surface area contributed by atoms with Gasteiger partial charge in [-0.05, 0) is 13.5 Å². The minimum absolute atomic E-state index is 0. The standard InChI is InChI=1S/C4H7O2.Ti/c1-2-6-4-3-5;/h2,4H2,1H3;/q-1;. The zero-order chi connectivity index (χ0) is 4.83. The van der Waals surface area contributed by atoms with Crippen LogP contribution in [0.5, 0.6) is 0 Å². The number of hydrogen-bond donors (Lipinski definition) is 0. The molecule has 0 aromatic heterocycles. The van der Waals surface area contributed by atoms with Crippen LogP contribution in [0.15, 0.2) is 0 Å². The van der Waals surface area contributed by atoms with Gasteiger partial charge in [-0.3, -0.25) is 0 Å². The summed E-state index contributed by atoms with van der Waals surface area (Å²) in [5.41, 5.74) is 0. The predicted octanol–water partition coefficient (Wildman–Crippen LogP) is 0.130. The third-order valence-corrected chi connectivity index (χ3v) is 0.365. The van der Waals surface area contributed by atoms with Gasteiger partial charge in [-0.25, -0.2) is 6.29 Å². The molecular formula is C4H7O2Ti-. The summed E-state index contributed by atoms with van der Waals surface area (Å²) >= 11 is 0. The molecule has 0 saturated heterocycles. The summed E-state index contributed by atoms with van der Waals surface area (Å²) in [5, 5.41) is 0. The quantitative estimate of drug-likeness (QED) is 0.312. The number of ether oxygens (including phenoxy) is 1. The smallest absolute Gasteiger partial charge is 0.0405 e. The summed E-state index contributed by atoms with van der Waals surface area (Å²) < 4.78 is 4.56. The summed E-state index contributed by atoms with van der Waals surface area (Å²) in [5.74, 6) is 0. The van der Waals surface area contributed by atoms with Crippen molar-refractivity contribution in [1.82, 2.24) is 0 Å². The molecule has 0 heterocycles. The Kier molecular flexibility index (Phi) is 14.2. The zero-order valence-electron chi connectivity index (χ0n) is 4.23. The topological polar surface area (TPSA) is 26.3 Å². The maximum Gasteiger partial charge on any atom is 0.0405 e. The van der Waals surface area contributed by atoms with Gasteiger partial charge >= 0.3 is 0 Å². The second-order valence-electron chi connectivity index (χ2n) is 0.781. The monoisotopic (exact) mass is 135 g/mol. The van der Waals surface area contributed by atoms with Gasteiger partial charge in [-0.2, -0.15) is 0 Å². The molecular weight excluding hydrogens is 128 g/mol. The van der Waals surface area contributed by atoms with Gasteiger partial charge in [-0.15, -0.1) is 0 Å². The van der Waals surface area contributed by atoms with Gasteiger partial charge in [-0.1, -0.05) is 0 Å². The molecule has 40 valence electrons. The zero-order valence-corrected chi connectivity index (χ0v) is 5.79. The molecule has 0 radical (unpaired) electrons. The Morgan fingerprint density at radius 3 is 2.43 bits per heavy atom. The predicted molar refractivity (Wildman–Crippen MR) is 22.2 cm³/mol. The molecule has 0 atom stereocenters. The van der Waals surface area contributed by atoms with E-state index in [0.717, 1.165) is 0 Å². The minimum atomic E-state index is 0. The van der Waals surface area contributed by atoms with Crippen molar-refractivity contribution in [2.75, 3.05) is 13.2 Å². The first-order valence-corrected chi connectivity index (χ1v) is 1.84. The summed E-state index contributed by atoms with van der Waals surface area (Å²) in [4.78, 5) is 9.31. The van der Waals surface area contributed by atoms with E-state index >= 15 is 0 Å². The Hall–Kier alpha value is 0.344. The molecule has 0 fully saturated rings. The fourth-order valence-electron chi connectivity index (χ4n) is 0.144. The maximum absolute atomic E-state index is 9.31. The molecule has 0 aliphatic heterocycles. The van der Waals surface area contributed by atoms with E-state index in [1.54, 1.807) is 6.29 Å². The first-order chi connectivity index (χ1) is 2.91. The minimum Gasteiger partial charge on any atom is -0.540 e. The first-order valence-electron chi connectivity index (χ1n) is 1.84. The number of rotatable bonds is 3. The Morgan fingerprint density at radius 2 is 2.29 bits per heavy atom. The third-order valence-electron chi connectivity index (χ3n) is 0.365. The van der Waals surface area contributed by atoms with Gasteiger partial charge in [0.1, 0.15) is 0 Å². The second kappa shape index (κ2) is 9.60. The van der Waals surface area contributed by atoms with Crippen LogP contribution in [-0.2, 0) is 31.2 Å². The van der Waals surface area contributed by atoms with Gasteiger partial charge in [0.15, 0.2) is 0 Å². The molecule has 3 heteroatoms. The van der Waals surface area contributed by atoms with Gasteiger partial charge in [0.05, 0.1) is 0 Å². The summed E-state index contributed by atoms with van der Waals surface area (Å²) in [6, 6.07) is 0. The van der Waals surface area contributed by atoms with Crippen LogP contribution in [0.1, 0.15) is 6.92 Å². The molecule has 0 bridgehead atoms. The van der Waals surface area contributed by atoms with Crippen LogP contribution < -0.4 is 0 Å². The molecule has 0 rings (SSSR count). The van der Waals surface area contributed by atoms with Crippen LogP contribution in [0.2, 0.25) is 0 Å². The van der Waals surface area contributed by atoms with Crippen LogP contribution in [0, 0.1) is 0 Å². The van der Waals surface area contributed by atoms with Gasteiger partial charge in [0.25, 0.3) is 0 Å². The molecule has 2 nitrogen and oxygen atoms in total. The van der Waals surface area contributed by atoms with Crippen LogP contribution in [-0.4, -0.2) is 19.5 Å². The van der Waals surface area contributed by atoms with Gasteiger partial charge < -0.3 is 9.53 Å². The van der Waals surface area contributed by atoms with Gasteiger partial charge in [0.2, 0.25) is 0 Å². The van der Waals surface area contributed by atoms with Crippen molar-refractivity contribution in [3.63, 3.8) is 0 Å². The molecule has 0 aromatic rings. The SMILES string of the molecule is CCOC[C-]=O.[Ti]. The normalized spacial score (nSPS) is 7.00. The Bertz CT molecular complexity index is 38.7. The molecule has 7 heavy (non-hydrogen) atoms.